The van der Waals surface area contributed by atoms with Gasteiger partial charge in [0.2, 0.25) is 0 Å². The van der Waals surface area contributed by atoms with Crippen molar-refractivity contribution in [3.8, 4) is 0 Å². The summed E-state index contributed by atoms with van der Waals surface area (Å²) < 4.78 is 0. The molecule has 1 aliphatic heterocycles. The average molecular weight is 153 g/mol. The molecule has 3 rings (SSSR count). The van der Waals surface area contributed by atoms with Crippen molar-refractivity contribution in [2.45, 2.75) is 0 Å². The molecule has 0 spiro atoms. The Morgan fingerprint density at radius 3 is 2.92 bits per heavy atom. The van der Waals surface area contributed by atoms with E-state index < -0.39 is 0 Å². The van der Waals surface area contributed by atoms with Gasteiger partial charge in [-0.05, 0) is 22.9 Å². The quantitative estimate of drug-likeness (QED) is 0.519. The van der Waals surface area contributed by atoms with E-state index in [1.54, 1.807) is 0 Å². The van der Waals surface area contributed by atoms with Crippen LogP contribution in [0.1, 0.15) is 11.1 Å². The topological polar surface area (TPSA) is 12.4 Å². The largest absolute Gasteiger partial charge is 0.263 e. The van der Waals surface area contributed by atoms with Crippen LogP contribution in [-0.2, 0) is 0 Å². The van der Waals surface area contributed by atoms with Crippen LogP contribution in [-0.4, -0.2) is 6.21 Å². The van der Waals surface area contributed by atoms with Gasteiger partial charge in [-0.15, -0.1) is 0 Å². The Morgan fingerprint density at radius 1 is 1.00 bits per heavy atom. The molecule has 2 aliphatic rings. The van der Waals surface area contributed by atoms with E-state index in [1.807, 2.05) is 12.4 Å². The van der Waals surface area contributed by atoms with Gasteiger partial charge in [-0.3, -0.25) is 4.99 Å². The van der Waals surface area contributed by atoms with Crippen molar-refractivity contribution in [2.75, 3.05) is 0 Å². The molecular formula is C11H7N. The van der Waals surface area contributed by atoms with Crippen LogP contribution in [0.25, 0.3) is 18.4 Å². The molecule has 1 heterocycles. The van der Waals surface area contributed by atoms with Crippen molar-refractivity contribution < 1.29 is 0 Å². The third kappa shape index (κ3) is 0.654. The van der Waals surface area contributed by atoms with Gasteiger partial charge in [0.25, 0.3) is 0 Å². The first kappa shape index (κ1) is 5.95. The van der Waals surface area contributed by atoms with Crippen LogP contribution in [0.15, 0.2) is 23.2 Å². The maximum Gasteiger partial charge on any atom is 0.0347 e. The normalized spacial score (nSPS) is 15.3. The number of benzene rings is 1. The first-order chi connectivity index (χ1) is 5.93. The molecule has 0 N–H and O–H groups in total. The highest BCUT2D eigenvalue weighted by molar-refractivity contribution is 5.86. The second-order valence-corrected chi connectivity index (χ2v) is 3.04. The highest BCUT2D eigenvalue weighted by Gasteiger charge is 2.02. The summed E-state index contributed by atoms with van der Waals surface area (Å²) in [5, 5.41) is 2.53. The molecule has 0 unspecified atom stereocenters. The van der Waals surface area contributed by atoms with Crippen LogP contribution in [0.2, 0.25) is 0 Å². The fourth-order valence-corrected chi connectivity index (χ4v) is 1.63. The number of hydrogen-bond acceptors (Lipinski definition) is 1. The SMILES string of the molecule is C1=Cc2cc3c(cc2=C1)C=NC=3. The lowest BCUT2D eigenvalue weighted by molar-refractivity contribution is 1.52. The Kier molecular flexibility index (Phi) is 0.965. The van der Waals surface area contributed by atoms with Crippen LogP contribution in [0.3, 0.4) is 0 Å². The first-order valence-corrected chi connectivity index (χ1v) is 3.99. The fourth-order valence-electron chi connectivity index (χ4n) is 1.63. The van der Waals surface area contributed by atoms with Crippen LogP contribution < -0.4 is 10.4 Å². The Balaban J connectivity index is 2.50. The summed E-state index contributed by atoms with van der Waals surface area (Å²) in [4.78, 5) is 4.10. The zero-order valence-corrected chi connectivity index (χ0v) is 6.49. The summed E-state index contributed by atoms with van der Waals surface area (Å²) in [6.45, 7) is 0. The molecule has 0 saturated carbocycles. The number of fused-ring (bicyclic) bond motifs is 2. The van der Waals surface area contributed by atoms with Gasteiger partial charge < -0.3 is 0 Å². The highest BCUT2D eigenvalue weighted by atomic mass is 14.7. The monoisotopic (exact) mass is 153 g/mol. The zero-order chi connectivity index (χ0) is 7.97. The molecular weight excluding hydrogens is 146 g/mol. The van der Waals surface area contributed by atoms with Gasteiger partial charge in [-0.2, -0.15) is 0 Å². The lowest BCUT2D eigenvalue weighted by atomic mass is 10.1. The fraction of sp³-hybridized carbons (Fsp3) is 0. The lowest BCUT2D eigenvalue weighted by Crippen LogP contribution is -2.13. The maximum absolute atomic E-state index is 4.10. The van der Waals surface area contributed by atoms with Gasteiger partial charge in [0.1, 0.15) is 0 Å². The van der Waals surface area contributed by atoms with Gasteiger partial charge in [0.05, 0.1) is 0 Å². The second kappa shape index (κ2) is 1.95. The minimum atomic E-state index is 1.23. The summed E-state index contributed by atoms with van der Waals surface area (Å²) in [6, 6.07) is 4.36. The van der Waals surface area contributed by atoms with E-state index in [0.29, 0.717) is 0 Å². The van der Waals surface area contributed by atoms with E-state index in [1.165, 1.54) is 21.6 Å². The molecule has 1 aromatic rings. The standard InChI is InChI=1S/C11H7N/c1-2-8-4-10-6-12-7-11(10)5-9(8)3-1/h1-7H. The molecule has 0 saturated heterocycles. The average Bonchev–Trinajstić information content (AvgIpc) is 2.64. The van der Waals surface area contributed by atoms with E-state index >= 15 is 0 Å². The van der Waals surface area contributed by atoms with Crippen molar-refractivity contribution >= 4 is 24.6 Å². The van der Waals surface area contributed by atoms with E-state index in [-0.39, 0.29) is 0 Å². The van der Waals surface area contributed by atoms with E-state index in [0.717, 1.165) is 0 Å². The van der Waals surface area contributed by atoms with Crippen LogP contribution in [0.5, 0.6) is 0 Å². The van der Waals surface area contributed by atoms with Crippen molar-refractivity contribution in [3.05, 3.63) is 39.8 Å². The predicted octanol–water partition coefficient (Wildman–Crippen LogP) is 0.664. The molecule has 0 atom stereocenters. The van der Waals surface area contributed by atoms with Gasteiger partial charge in [0, 0.05) is 23.2 Å². The van der Waals surface area contributed by atoms with Crippen molar-refractivity contribution in [1.82, 2.24) is 0 Å². The van der Waals surface area contributed by atoms with E-state index in [4.69, 9.17) is 0 Å². The minimum Gasteiger partial charge on any atom is -0.263 e. The molecule has 0 fully saturated rings. The zero-order valence-electron chi connectivity index (χ0n) is 6.49. The summed E-state index contributed by atoms with van der Waals surface area (Å²) >= 11 is 0. The molecule has 1 heteroatoms. The van der Waals surface area contributed by atoms with Gasteiger partial charge in [-0.1, -0.05) is 18.2 Å². The van der Waals surface area contributed by atoms with Crippen molar-refractivity contribution in [2.24, 2.45) is 4.99 Å². The summed E-state index contributed by atoms with van der Waals surface area (Å²) in [6.07, 6.45) is 10.1. The predicted molar refractivity (Wildman–Crippen MR) is 51.3 cm³/mol. The third-order valence-corrected chi connectivity index (χ3v) is 2.27. The van der Waals surface area contributed by atoms with Crippen LogP contribution in [0, 0.1) is 0 Å². The Labute approximate surface area is 70.1 Å². The number of rotatable bonds is 0. The molecule has 0 bridgehead atoms. The molecule has 1 nitrogen and oxygen atoms in total. The molecule has 1 aromatic carbocycles. The number of aliphatic imine (C=N–C) groups is 1. The Hall–Kier alpha value is -1.63. The molecule has 12 heavy (non-hydrogen) atoms. The minimum absolute atomic E-state index is 1.23. The molecule has 0 aromatic heterocycles. The Bertz CT molecular complexity index is 469. The maximum atomic E-state index is 4.10. The smallest absolute Gasteiger partial charge is 0.0347 e. The van der Waals surface area contributed by atoms with E-state index in [2.05, 4.69) is 35.4 Å². The molecule has 0 amide bonds. The van der Waals surface area contributed by atoms with Crippen LogP contribution in [0.4, 0.5) is 0 Å². The summed E-state index contributed by atoms with van der Waals surface area (Å²) in [7, 11) is 0. The second-order valence-electron chi connectivity index (χ2n) is 3.04. The highest BCUT2D eigenvalue weighted by Crippen LogP contribution is 2.02. The molecule has 0 radical (unpaired) electrons. The van der Waals surface area contributed by atoms with E-state index in [9.17, 15) is 0 Å². The molecule has 1 aliphatic carbocycles. The number of nitrogens with zero attached hydrogens (tertiary/aromatic N) is 1. The number of hydrogen-bond donors (Lipinski definition) is 0. The molecule has 56 valence electrons. The van der Waals surface area contributed by atoms with Gasteiger partial charge in [-0.25, -0.2) is 0 Å². The first-order valence-electron chi connectivity index (χ1n) is 3.99. The van der Waals surface area contributed by atoms with Crippen molar-refractivity contribution in [1.29, 1.82) is 0 Å². The summed E-state index contributed by atoms with van der Waals surface area (Å²) in [5.41, 5.74) is 2.53. The number of allylic oxidation sites excluding steroid dienone is 1. The van der Waals surface area contributed by atoms with Gasteiger partial charge >= 0.3 is 0 Å². The summed E-state index contributed by atoms with van der Waals surface area (Å²) in [5.74, 6) is 0. The van der Waals surface area contributed by atoms with Crippen LogP contribution >= 0.6 is 0 Å². The third-order valence-electron chi connectivity index (χ3n) is 2.27. The lowest BCUT2D eigenvalue weighted by Gasteiger charge is -1.93. The van der Waals surface area contributed by atoms with Gasteiger partial charge in [0.15, 0.2) is 0 Å². The van der Waals surface area contributed by atoms with Crippen molar-refractivity contribution in [3.63, 3.8) is 0 Å². The Morgan fingerprint density at radius 2 is 1.92 bits per heavy atom.